The number of rotatable bonds is 2. The maximum atomic E-state index is 5.77. The van der Waals surface area contributed by atoms with Crippen molar-refractivity contribution in [2.45, 2.75) is 19.9 Å². The monoisotopic (exact) mass is 203 g/mol. The zero-order chi connectivity index (χ0) is 10.8. The van der Waals surface area contributed by atoms with Gasteiger partial charge in [0.05, 0.1) is 18.2 Å². The molecule has 0 aliphatic heterocycles. The average molecular weight is 203 g/mol. The smallest absolute Gasteiger partial charge is 0.151 e. The van der Waals surface area contributed by atoms with Crippen LogP contribution in [0.1, 0.15) is 19.9 Å². The quantitative estimate of drug-likeness (QED) is 0.803. The van der Waals surface area contributed by atoms with Crippen LogP contribution in [0.25, 0.3) is 11.4 Å². The van der Waals surface area contributed by atoms with Gasteiger partial charge in [0.2, 0.25) is 0 Å². The molecule has 2 heterocycles. The highest BCUT2D eigenvalue weighted by Gasteiger charge is 2.11. The van der Waals surface area contributed by atoms with Crippen LogP contribution in [0.2, 0.25) is 0 Å². The zero-order valence-electron chi connectivity index (χ0n) is 8.75. The van der Waals surface area contributed by atoms with E-state index >= 15 is 0 Å². The molecular weight excluding hydrogens is 190 g/mol. The Morgan fingerprint density at radius 1 is 1.27 bits per heavy atom. The normalized spacial score (nSPS) is 10.9. The van der Waals surface area contributed by atoms with Crippen LogP contribution in [0.3, 0.4) is 0 Å². The fraction of sp³-hybridized carbons (Fsp3) is 0.300. The Kier molecular flexibility index (Phi) is 2.37. The van der Waals surface area contributed by atoms with Gasteiger partial charge in [-0.15, -0.1) is 0 Å². The van der Waals surface area contributed by atoms with E-state index < -0.39 is 0 Å². The van der Waals surface area contributed by atoms with Crippen molar-refractivity contribution in [2.75, 3.05) is 5.73 Å². The molecule has 0 fully saturated rings. The minimum absolute atomic E-state index is 0.323. The van der Waals surface area contributed by atoms with Crippen molar-refractivity contribution < 1.29 is 0 Å². The van der Waals surface area contributed by atoms with E-state index in [0.29, 0.717) is 17.6 Å². The van der Waals surface area contributed by atoms with E-state index in [1.54, 1.807) is 24.9 Å². The first-order valence-corrected chi connectivity index (χ1v) is 4.79. The summed E-state index contributed by atoms with van der Waals surface area (Å²) >= 11 is 0. The summed E-state index contributed by atoms with van der Waals surface area (Å²) in [6.07, 6.45) is 6.73. The molecule has 2 aromatic heterocycles. The molecule has 0 saturated heterocycles. The van der Waals surface area contributed by atoms with Gasteiger partial charge in [0.15, 0.2) is 5.82 Å². The third-order valence-corrected chi connectivity index (χ3v) is 2.19. The van der Waals surface area contributed by atoms with Crippen molar-refractivity contribution in [3.05, 3.63) is 24.9 Å². The van der Waals surface area contributed by atoms with Gasteiger partial charge < -0.3 is 10.3 Å². The van der Waals surface area contributed by atoms with Crippen LogP contribution in [-0.4, -0.2) is 19.5 Å². The summed E-state index contributed by atoms with van der Waals surface area (Å²) in [4.78, 5) is 12.3. The molecule has 5 heteroatoms. The van der Waals surface area contributed by atoms with Gasteiger partial charge in [-0.05, 0) is 13.8 Å². The Morgan fingerprint density at radius 2 is 2.00 bits per heavy atom. The van der Waals surface area contributed by atoms with E-state index in [1.807, 2.05) is 4.57 Å². The first-order chi connectivity index (χ1) is 7.20. The maximum absolute atomic E-state index is 5.77. The number of nitrogens with zero attached hydrogens (tertiary/aromatic N) is 4. The summed E-state index contributed by atoms with van der Waals surface area (Å²) in [5.74, 6) is 0.430. The number of hydrogen-bond donors (Lipinski definition) is 1. The Morgan fingerprint density at radius 3 is 2.67 bits per heavy atom. The lowest BCUT2D eigenvalue weighted by Gasteiger charge is -2.11. The van der Waals surface area contributed by atoms with Crippen LogP contribution in [0.4, 0.5) is 5.82 Å². The third kappa shape index (κ3) is 1.68. The summed E-state index contributed by atoms with van der Waals surface area (Å²) in [5.41, 5.74) is 7.35. The molecule has 15 heavy (non-hydrogen) atoms. The van der Waals surface area contributed by atoms with Gasteiger partial charge in [0, 0.05) is 18.4 Å². The minimum atomic E-state index is 0.323. The maximum Gasteiger partial charge on any atom is 0.151 e. The van der Waals surface area contributed by atoms with Crippen molar-refractivity contribution >= 4 is 5.82 Å². The standard InChI is InChI=1S/C10H13N5/c1-7(2)15-6-12-5-8(15)9-10(11)14-4-3-13-9/h3-7H,1-2H3,(H2,11,14). The molecule has 0 aromatic carbocycles. The second-order valence-corrected chi connectivity index (χ2v) is 3.57. The fourth-order valence-corrected chi connectivity index (χ4v) is 1.45. The van der Waals surface area contributed by atoms with E-state index in [1.165, 1.54) is 0 Å². The van der Waals surface area contributed by atoms with E-state index in [2.05, 4.69) is 28.8 Å². The van der Waals surface area contributed by atoms with E-state index in [4.69, 9.17) is 5.73 Å². The summed E-state index contributed by atoms with van der Waals surface area (Å²) in [6, 6.07) is 0.323. The molecule has 0 aliphatic carbocycles. The molecule has 78 valence electrons. The highest BCUT2D eigenvalue weighted by molar-refractivity contribution is 5.65. The summed E-state index contributed by atoms with van der Waals surface area (Å²) in [7, 11) is 0. The molecule has 5 nitrogen and oxygen atoms in total. The summed E-state index contributed by atoms with van der Waals surface area (Å²) in [6.45, 7) is 4.16. The molecule has 2 aromatic rings. The predicted molar refractivity (Wildman–Crippen MR) is 58.1 cm³/mol. The number of anilines is 1. The van der Waals surface area contributed by atoms with Gasteiger partial charge in [0.25, 0.3) is 0 Å². The van der Waals surface area contributed by atoms with Gasteiger partial charge in [-0.1, -0.05) is 0 Å². The molecule has 2 N–H and O–H groups in total. The van der Waals surface area contributed by atoms with Gasteiger partial charge in [-0.25, -0.2) is 15.0 Å². The Labute approximate surface area is 88.0 Å². The van der Waals surface area contributed by atoms with Crippen molar-refractivity contribution in [3.8, 4) is 11.4 Å². The van der Waals surface area contributed by atoms with Gasteiger partial charge in [-0.2, -0.15) is 0 Å². The van der Waals surface area contributed by atoms with Crippen LogP contribution in [0, 0.1) is 0 Å². The Hall–Kier alpha value is -1.91. The lowest BCUT2D eigenvalue weighted by molar-refractivity contribution is 0.604. The molecule has 0 amide bonds. The first kappa shape index (κ1) is 9.64. The summed E-state index contributed by atoms with van der Waals surface area (Å²) < 4.78 is 2.01. The van der Waals surface area contributed by atoms with Crippen LogP contribution in [0.5, 0.6) is 0 Å². The lowest BCUT2D eigenvalue weighted by atomic mass is 10.3. The van der Waals surface area contributed by atoms with Crippen molar-refractivity contribution in [1.29, 1.82) is 0 Å². The van der Waals surface area contributed by atoms with Gasteiger partial charge in [0.1, 0.15) is 5.69 Å². The number of hydrogen-bond acceptors (Lipinski definition) is 4. The lowest BCUT2D eigenvalue weighted by Crippen LogP contribution is -2.04. The van der Waals surface area contributed by atoms with E-state index in [-0.39, 0.29) is 0 Å². The molecule has 0 spiro atoms. The highest BCUT2D eigenvalue weighted by Crippen LogP contribution is 2.23. The van der Waals surface area contributed by atoms with Crippen molar-refractivity contribution in [3.63, 3.8) is 0 Å². The molecule has 0 bridgehead atoms. The van der Waals surface area contributed by atoms with E-state index in [9.17, 15) is 0 Å². The van der Waals surface area contributed by atoms with Crippen LogP contribution in [-0.2, 0) is 0 Å². The fourth-order valence-electron chi connectivity index (χ4n) is 1.45. The van der Waals surface area contributed by atoms with Gasteiger partial charge in [-0.3, -0.25) is 0 Å². The molecule has 0 unspecified atom stereocenters. The van der Waals surface area contributed by atoms with Crippen molar-refractivity contribution in [2.24, 2.45) is 0 Å². The average Bonchev–Trinajstić information content (AvgIpc) is 2.67. The number of aromatic nitrogens is 4. The molecule has 0 aliphatic rings. The topological polar surface area (TPSA) is 69.6 Å². The predicted octanol–water partition coefficient (Wildman–Crippen LogP) is 1.50. The van der Waals surface area contributed by atoms with Crippen molar-refractivity contribution in [1.82, 2.24) is 19.5 Å². The largest absolute Gasteiger partial charge is 0.382 e. The van der Waals surface area contributed by atoms with Crippen LogP contribution >= 0.6 is 0 Å². The molecule has 0 radical (unpaired) electrons. The second-order valence-electron chi connectivity index (χ2n) is 3.57. The minimum Gasteiger partial charge on any atom is -0.382 e. The molecule has 0 saturated carbocycles. The Balaban J connectivity index is 2.55. The third-order valence-electron chi connectivity index (χ3n) is 2.19. The first-order valence-electron chi connectivity index (χ1n) is 4.79. The number of imidazole rings is 1. The molecule has 2 rings (SSSR count). The van der Waals surface area contributed by atoms with Crippen LogP contribution in [0.15, 0.2) is 24.9 Å². The second kappa shape index (κ2) is 3.68. The number of nitrogens with two attached hydrogens (primary N) is 1. The molecular formula is C10H13N5. The van der Waals surface area contributed by atoms with Gasteiger partial charge >= 0.3 is 0 Å². The van der Waals surface area contributed by atoms with Crippen LogP contribution < -0.4 is 5.73 Å². The molecule has 0 atom stereocenters. The zero-order valence-corrected chi connectivity index (χ0v) is 8.75. The SMILES string of the molecule is CC(C)n1cncc1-c1nccnc1N. The summed E-state index contributed by atoms with van der Waals surface area (Å²) in [5, 5.41) is 0. The van der Waals surface area contributed by atoms with E-state index in [0.717, 1.165) is 5.69 Å². The Bertz CT molecular complexity index is 460. The highest BCUT2D eigenvalue weighted by atomic mass is 15.1. The number of nitrogen functional groups attached to an aromatic ring is 1.